The van der Waals surface area contributed by atoms with Gasteiger partial charge < -0.3 is 16.2 Å². The van der Waals surface area contributed by atoms with E-state index in [1.165, 1.54) is 0 Å². The van der Waals surface area contributed by atoms with Crippen LogP contribution in [-0.4, -0.2) is 29.2 Å². The fraction of sp³-hybridized carbons (Fsp3) is 0.900. The zero-order valence-electron chi connectivity index (χ0n) is 8.92. The summed E-state index contributed by atoms with van der Waals surface area (Å²) in [6.07, 6.45) is 2.61. The van der Waals surface area contributed by atoms with Gasteiger partial charge in [0.05, 0.1) is 11.6 Å². The first kappa shape index (κ1) is 11.5. The van der Waals surface area contributed by atoms with Gasteiger partial charge in [0.1, 0.15) is 0 Å². The number of amides is 1. The Hall–Kier alpha value is -0.610. The van der Waals surface area contributed by atoms with Crippen LogP contribution in [0.3, 0.4) is 0 Å². The lowest BCUT2D eigenvalue weighted by Crippen LogP contribution is -2.52. The van der Waals surface area contributed by atoms with Crippen LogP contribution in [0.4, 0.5) is 0 Å². The molecule has 1 saturated carbocycles. The van der Waals surface area contributed by atoms with Gasteiger partial charge in [-0.05, 0) is 25.2 Å². The Bertz CT molecular complexity index is 212. The summed E-state index contributed by atoms with van der Waals surface area (Å²) >= 11 is 0. The standard InChI is InChI=1S/C10H20N2O2/c1-7(2)8(11)9(13)12-6-10(14)4-3-5-10/h7-8,14H,3-6,11H2,1-2H3,(H,12,13)/t8-/m1/s1. The fourth-order valence-corrected chi connectivity index (χ4v) is 1.43. The van der Waals surface area contributed by atoms with Gasteiger partial charge in [0.2, 0.25) is 5.91 Å². The van der Waals surface area contributed by atoms with Crippen molar-refractivity contribution in [1.82, 2.24) is 5.32 Å². The number of hydrogen-bond acceptors (Lipinski definition) is 3. The molecule has 1 fully saturated rings. The monoisotopic (exact) mass is 200 g/mol. The summed E-state index contributed by atoms with van der Waals surface area (Å²) in [7, 11) is 0. The third-order valence-electron chi connectivity index (χ3n) is 2.90. The molecule has 0 bridgehead atoms. The van der Waals surface area contributed by atoms with E-state index in [0.717, 1.165) is 19.3 Å². The molecule has 0 aromatic heterocycles. The fourth-order valence-electron chi connectivity index (χ4n) is 1.43. The van der Waals surface area contributed by atoms with Gasteiger partial charge in [-0.25, -0.2) is 0 Å². The second-order valence-electron chi connectivity index (χ2n) is 4.57. The van der Waals surface area contributed by atoms with Gasteiger partial charge in [0.15, 0.2) is 0 Å². The molecule has 1 rings (SSSR count). The molecule has 1 aliphatic carbocycles. The van der Waals surface area contributed by atoms with Crippen molar-refractivity contribution >= 4 is 5.91 Å². The van der Waals surface area contributed by atoms with Crippen molar-refractivity contribution in [3.05, 3.63) is 0 Å². The zero-order valence-corrected chi connectivity index (χ0v) is 8.92. The number of carbonyl (C=O) groups is 1. The molecule has 0 aromatic rings. The quantitative estimate of drug-likeness (QED) is 0.598. The normalized spacial score (nSPS) is 21.5. The average molecular weight is 200 g/mol. The largest absolute Gasteiger partial charge is 0.388 e. The molecule has 0 aromatic carbocycles. The molecule has 0 unspecified atom stereocenters. The van der Waals surface area contributed by atoms with Crippen molar-refractivity contribution in [2.24, 2.45) is 11.7 Å². The van der Waals surface area contributed by atoms with Gasteiger partial charge in [-0.15, -0.1) is 0 Å². The molecule has 4 N–H and O–H groups in total. The van der Waals surface area contributed by atoms with Crippen molar-refractivity contribution in [1.29, 1.82) is 0 Å². The molecular weight excluding hydrogens is 180 g/mol. The molecule has 0 spiro atoms. The molecule has 1 atom stereocenters. The Morgan fingerprint density at radius 3 is 2.50 bits per heavy atom. The van der Waals surface area contributed by atoms with E-state index in [-0.39, 0.29) is 11.8 Å². The lowest BCUT2D eigenvalue weighted by atomic mass is 9.80. The maximum Gasteiger partial charge on any atom is 0.237 e. The predicted molar refractivity (Wildman–Crippen MR) is 54.6 cm³/mol. The Labute approximate surface area is 84.9 Å². The van der Waals surface area contributed by atoms with Crippen molar-refractivity contribution in [2.45, 2.75) is 44.8 Å². The lowest BCUT2D eigenvalue weighted by Gasteiger charge is -2.36. The van der Waals surface area contributed by atoms with Crippen LogP contribution in [0.15, 0.2) is 0 Å². The summed E-state index contributed by atoms with van der Waals surface area (Å²) in [6, 6.07) is -0.473. The van der Waals surface area contributed by atoms with Crippen molar-refractivity contribution in [2.75, 3.05) is 6.54 Å². The minimum atomic E-state index is -0.660. The first-order valence-corrected chi connectivity index (χ1v) is 5.20. The Morgan fingerprint density at radius 2 is 2.14 bits per heavy atom. The van der Waals surface area contributed by atoms with E-state index >= 15 is 0 Å². The summed E-state index contributed by atoms with van der Waals surface area (Å²) in [5.41, 5.74) is 4.99. The average Bonchev–Trinajstić information content (AvgIpc) is 2.09. The number of hydrogen-bond donors (Lipinski definition) is 3. The molecule has 4 heteroatoms. The molecule has 82 valence electrons. The Balaban J connectivity index is 2.27. The van der Waals surface area contributed by atoms with Gasteiger partial charge in [-0.1, -0.05) is 13.8 Å². The summed E-state index contributed by atoms with van der Waals surface area (Å²) in [6.45, 7) is 4.15. The number of nitrogens with one attached hydrogen (secondary N) is 1. The predicted octanol–water partition coefficient (Wildman–Crippen LogP) is 0.000900. The maximum absolute atomic E-state index is 11.4. The molecule has 1 amide bonds. The first-order valence-electron chi connectivity index (χ1n) is 5.20. The molecule has 0 heterocycles. The van der Waals surface area contributed by atoms with Gasteiger partial charge in [0.25, 0.3) is 0 Å². The van der Waals surface area contributed by atoms with Crippen LogP contribution >= 0.6 is 0 Å². The molecule has 0 aliphatic heterocycles. The maximum atomic E-state index is 11.4. The summed E-state index contributed by atoms with van der Waals surface area (Å²) in [5.74, 6) is -0.0358. The third kappa shape index (κ3) is 2.69. The highest BCUT2D eigenvalue weighted by molar-refractivity contribution is 5.81. The number of aliphatic hydroxyl groups is 1. The highest BCUT2D eigenvalue weighted by Gasteiger charge is 2.35. The van der Waals surface area contributed by atoms with Crippen molar-refractivity contribution < 1.29 is 9.90 Å². The Morgan fingerprint density at radius 1 is 1.57 bits per heavy atom. The summed E-state index contributed by atoms with van der Waals surface area (Å²) in [4.78, 5) is 11.4. The highest BCUT2D eigenvalue weighted by Crippen LogP contribution is 2.30. The summed E-state index contributed by atoms with van der Waals surface area (Å²) in [5, 5.41) is 12.4. The van der Waals surface area contributed by atoms with Crippen LogP contribution < -0.4 is 11.1 Å². The van der Waals surface area contributed by atoms with E-state index in [1.807, 2.05) is 13.8 Å². The minimum absolute atomic E-state index is 0.131. The van der Waals surface area contributed by atoms with Crippen LogP contribution in [-0.2, 0) is 4.79 Å². The molecular formula is C10H20N2O2. The summed E-state index contributed by atoms with van der Waals surface area (Å²) < 4.78 is 0. The number of carbonyl (C=O) groups excluding carboxylic acids is 1. The van der Waals surface area contributed by atoms with Crippen molar-refractivity contribution in [3.63, 3.8) is 0 Å². The zero-order chi connectivity index (χ0) is 10.8. The van der Waals surface area contributed by atoms with Crippen LogP contribution in [0.1, 0.15) is 33.1 Å². The SMILES string of the molecule is CC(C)[C@@H](N)C(=O)NCC1(O)CCC1. The highest BCUT2D eigenvalue weighted by atomic mass is 16.3. The van der Waals surface area contributed by atoms with Crippen LogP contribution in [0.25, 0.3) is 0 Å². The first-order chi connectivity index (χ1) is 6.44. The van der Waals surface area contributed by atoms with Gasteiger partial charge >= 0.3 is 0 Å². The van der Waals surface area contributed by atoms with E-state index in [9.17, 15) is 9.90 Å². The topological polar surface area (TPSA) is 75.4 Å². The number of rotatable bonds is 4. The van der Waals surface area contributed by atoms with Gasteiger partial charge in [-0.2, -0.15) is 0 Å². The second-order valence-corrected chi connectivity index (χ2v) is 4.57. The number of nitrogens with two attached hydrogens (primary N) is 1. The van der Waals surface area contributed by atoms with E-state index in [4.69, 9.17) is 5.73 Å². The second kappa shape index (κ2) is 4.28. The molecule has 14 heavy (non-hydrogen) atoms. The van der Waals surface area contributed by atoms with E-state index in [2.05, 4.69) is 5.32 Å². The molecule has 0 saturated heterocycles. The minimum Gasteiger partial charge on any atom is -0.388 e. The van der Waals surface area contributed by atoms with E-state index < -0.39 is 11.6 Å². The van der Waals surface area contributed by atoms with Crippen LogP contribution in [0, 0.1) is 5.92 Å². The van der Waals surface area contributed by atoms with Crippen molar-refractivity contribution in [3.8, 4) is 0 Å². The van der Waals surface area contributed by atoms with Crippen LogP contribution in [0.2, 0.25) is 0 Å². The van der Waals surface area contributed by atoms with E-state index in [0.29, 0.717) is 6.54 Å². The smallest absolute Gasteiger partial charge is 0.237 e. The molecule has 0 radical (unpaired) electrons. The van der Waals surface area contributed by atoms with E-state index in [1.54, 1.807) is 0 Å². The van der Waals surface area contributed by atoms with Gasteiger partial charge in [0, 0.05) is 6.54 Å². The molecule has 4 nitrogen and oxygen atoms in total. The Kier molecular flexibility index (Phi) is 3.50. The lowest BCUT2D eigenvalue weighted by molar-refractivity contribution is -0.125. The van der Waals surface area contributed by atoms with Crippen LogP contribution in [0.5, 0.6) is 0 Å². The van der Waals surface area contributed by atoms with Gasteiger partial charge in [-0.3, -0.25) is 4.79 Å². The third-order valence-corrected chi connectivity index (χ3v) is 2.90. The molecule has 1 aliphatic rings.